The van der Waals surface area contributed by atoms with E-state index >= 15 is 0 Å². The fourth-order valence-electron chi connectivity index (χ4n) is 0.865. The third-order valence-electron chi connectivity index (χ3n) is 1.54. The van der Waals surface area contributed by atoms with E-state index in [0.29, 0.717) is 18.1 Å². The average Bonchev–Trinajstić information content (AvgIpc) is 2.18. The van der Waals surface area contributed by atoms with Gasteiger partial charge in [0, 0.05) is 6.54 Å². The topological polar surface area (TPSA) is 61.6 Å². The van der Waals surface area contributed by atoms with Gasteiger partial charge in [-0.05, 0) is 13.8 Å². The van der Waals surface area contributed by atoms with Crippen LogP contribution in [0.25, 0.3) is 0 Å². The van der Waals surface area contributed by atoms with Crippen LogP contribution in [0.1, 0.15) is 19.5 Å². The summed E-state index contributed by atoms with van der Waals surface area (Å²) in [7, 11) is 0. The van der Waals surface area contributed by atoms with Crippen LogP contribution in [-0.4, -0.2) is 16.5 Å². The number of aromatic nitrogens is 2. The zero-order valence-corrected chi connectivity index (χ0v) is 8.28. The lowest BCUT2D eigenvalue weighted by molar-refractivity contribution is 1.13. The molecule has 0 fully saturated rings. The van der Waals surface area contributed by atoms with Crippen molar-refractivity contribution in [3.05, 3.63) is 29.7 Å². The van der Waals surface area contributed by atoms with Gasteiger partial charge in [-0.15, -0.1) is 0 Å². The lowest BCUT2D eigenvalue weighted by Crippen LogP contribution is -2.02. The Morgan fingerprint density at radius 2 is 2.36 bits per heavy atom. The maximum Gasteiger partial charge on any atom is 0.161 e. The standard InChI is InChI=1S/C10H12N4/c1-8(2)3-4-13-10-7-12-6-9(5-11)14-10/h3,6-7H,4H2,1-2H3,(H,13,14). The Bertz CT molecular complexity index is 372. The largest absolute Gasteiger partial charge is 0.365 e. The summed E-state index contributed by atoms with van der Waals surface area (Å²) in [5, 5.41) is 11.6. The van der Waals surface area contributed by atoms with E-state index in [2.05, 4.69) is 15.3 Å². The van der Waals surface area contributed by atoms with Crippen molar-refractivity contribution >= 4 is 5.82 Å². The smallest absolute Gasteiger partial charge is 0.161 e. The molecule has 4 heteroatoms. The Kier molecular flexibility index (Phi) is 3.62. The van der Waals surface area contributed by atoms with E-state index in [9.17, 15) is 0 Å². The van der Waals surface area contributed by atoms with Crippen LogP contribution in [-0.2, 0) is 0 Å². The van der Waals surface area contributed by atoms with Crippen LogP contribution >= 0.6 is 0 Å². The van der Waals surface area contributed by atoms with E-state index in [0.717, 1.165) is 0 Å². The summed E-state index contributed by atoms with van der Waals surface area (Å²) < 4.78 is 0. The number of nitriles is 1. The minimum atomic E-state index is 0.326. The molecule has 0 unspecified atom stereocenters. The predicted molar refractivity (Wildman–Crippen MR) is 54.7 cm³/mol. The number of allylic oxidation sites excluding steroid dienone is 1. The second-order valence-electron chi connectivity index (χ2n) is 3.06. The summed E-state index contributed by atoms with van der Waals surface area (Å²) in [6, 6.07) is 1.94. The SMILES string of the molecule is CC(C)=CCNc1cncc(C#N)n1. The van der Waals surface area contributed by atoms with Crippen molar-refractivity contribution in [2.45, 2.75) is 13.8 Å². The zero-order valence-electron chi connectivity index (χ0n) is 8.28. The number of rotatable bonds is 3. The normalized spacial score (nSPS) is 8.93. The monoisotopic (exact) mass is 188 g/mol. The molecule has 0 aliphatic carbocycles. The fraction of sp³-hybridized carbons (Fsp3) is 0.300. The number of nitrogens with zero attached hydrogens (tertiary/aromatic N) is 3. The molecule has 14 heavy (non-hydrogen) atoms. The zero-order chi connectivity index (χ0) is 10.4. The molecule has 1 rings (SSSR count). The molecular weight excluding hydrogens is 176 g/mol. The maximum atomic E-state index is 8.58. The maximum absolute atomic E-state index is 8.58. The molecule has 0 amide bonds. The van der Waals surface area contributed by atoms with E-state index < -0.39 is 0 Å². The van der Waals surface area contributed by atoms with Crippen LogP contribution in [0.2, 0.25) is 0 Å². The average molecular weight is 188 g/mol. The van der Waals surface area contributed by atoms with E-state index in [-0.39, 0.29) is 0 Å². The third-order valence-corrected chi connectivity index (χ3v) is 1.54. The first-order valence-corrected chi connectivity index (χ1v) is 4.32. The first kappa shape index (κ1) is 10.2. The highest BCUT2D eigenvalue weighted by atomic mass is 15.0. The van der Waals surface area contributed by atoms with E-state index in [1.54, 1.807) is 6.20 Å². The lowest BCUT2D eigenvalue weighted by Gasteiger charge is -2.01. The Labute approximate surface area is 83.3 Å². The van der Waals surface area contributed by atoms with Gasteiger partial charge in [-0.1, -0.05) is 11.6 Å². The molecule has 72 valence electrons. The predicted octanol–water partition coefficient (Wildman–Crippen LogP) is 1.73. The molecule has 0 saturated heterocycles. The molecule has 0 radical (unpaired) electrons. The molecule has 0 aliphatic heterocycles. The van der Waals surface area contributed by atoms with Crippen molar-refractivity contribution in [3.8, 4) is 6.07 Å². The Hall–Kier alpha value is -1.89. The number of hydrogen-bond acceptors (Lipinski definition) is 4. The van der Waals surface area contributed by atoms with Gasteiger partial charge in [0.2, 0.25) is 0 Å². The van der Waals surface area contributed by atoms with Crippen LogP contribution in [0.4, 0.5) is 5.82 Å². The van der Waals surface area contributed by atoms with Crippen molar-refractivity contribution in [1.82, 2.24) is 9.97 Å². The van der Waals surface area contributed by atoms with Crippen molar-refractivity contribution in [1.29, 1.82) is 5.26 Å². The molecular formula is C10H12N4. The molecule has 4 nitrogen and oxygen atoms in total. The molecule has 1 N–H and O–H groups in total. The number of nitrogens with one attached hydrogen (secondary N) is 1. The van der Waals surface area contributed by atoms with Gasteiger partial charge in [0.05, 0.1) is 12.4 Å². The molecule has 1 aromatic rings. The van der Waals surface area contributed by atoms with Crippen molar-refractivity contribution in [3.63, 3.8) is 0 Å². The second-order valence-corrected chi connectivity index (χ2v) is 3.06. The Morgan fingerprint density at radius 1 is 1.57 bits per heavy atom. The lowest BCUT2D eigenvalue weighted by atomic mass is 10.3. The molecule has 0 saturated carbocycles. The van der Waals surface area contributed by atoms with Gasteiger partial charge in [-0.3, -0.25) is 4.98 Å². The Balaban J connectivity index is 2.60. The molecule has 0 atom stereocenters. The van der Waals surface area contributed by atoms with Crippen LogP contribution in [0.3, 0.4) is 0 Å². The third kappa shape index (κ3) is 3.23. The van der Waals surface area contributed by atoms with Crippen LogP contribution in [0, 0.1) is 11.3 Å². The van der Waals surface area contributed by atoms with Gasteiger partial charge in [0.15, 0.2) is 5.69 Å². The molecule has 0 aromatic carbocycles. The first-order valence-electron chi connectivity index (χ1n) is 4.32. The molecule has 0 aliphatic rings. The van der Waals surface area contributed by atoms with E-state index in [1.807, 2.05) is 26.0 Å². The van der Waals surface area contributed by atoms with E-state index in [1.165, 1.54) is 11.8 Å². The van der Waals surface area contributed by atoms with Crippen LogP contribution in [0.15, 0.2) is 24.0 Å². The van der Waals surface area contributed by atoms with Crippen molar-refractivity contribution < 1.29 is 0 Å². The highest BCUT2D eigenvalue weighted by Crippen LogP contribution is 2.00. The van der Waals surface area contributed by atoms with Gasteiger partial charge in [-0.2, -0.15) is 5.26 Å². The molecule has 0 spiro atoms. The van der Waals surface area contributed by atoms with Gasteiger partial charge in [0.1, 0.15) is 11.9 Å². The van der Waals surface area contributed by atoms with Crippen molar-refractivity contribution in [2.75, 3.05) is 11.9 Å². The minimum Gasteiger partial charge on any atom is -0.365 e. The van der Waals surface area contributed by atoms with Gasteiger partial charge >= 0.3 is 0 Å². The highest BCUT2D eigenvalue weighted by molar-refractivity contribution is 5.35. The fourth-order valence-corrected chi connectivity index (χ4v) is 0.865. The summed E-state index contributed by atoms with van der Waals surface area (Å²) in [4.78, 5) is 7.91. The van der Waals surface area contributed by atoms with Crippen LogP contribution < -0.4 is 5.32 Å². The van der Waals surface area contributed by atoms with Crippen LogP contribution in [0.5, 0.6) is 0 Å². The van der Waals surface area contributed by atoms with Gasteiger partial charge in [-0.25, -0.2) is 4.98 Å². The van der Waals surface area contributed by atoms with Crippen molar-refractivity contribution in [2.24, 2.45) is 0 Å². The summed E-state index contributed by atoms with van der Waals surface area (Å²) >= 11 is 0. The van der Waals surface area contributed by atoms with E-state index in [4.69, 9.17) is 5.26 Å². The first-order chi connectivity index (χ1) is 6.72. The van der Waals surface area contributed by atoms with Gasteiger partial charge in [0.25, 0.3) is 0 Å². The summed E-state index contributed by atoms with van der Waals surface area (Å²) in [5.41, 5.74) is 1.56. The Morgan fingerprint density at radius 3 is 3.00 bits per heavy atom. The molecule has 1 aromatic heterocycles. The molecule has 0 bridgehead atoms. The summed E-state index contributed by atoms with van der Waals surface area (Å²) in [6.45, 7) is 4.75. The second kappa shape index (κ2) is 4.97. The quantitative estimate of drug-likeness (QED) is 0.734. The number of hydrogen-bond donors (Lipinski definition) is 1. The molecule has 1 heterocycles. The minimum absolute atomic E-state index is 0.326. The summed E-state index contributed by atoms with van der Waals surface area (Å²) in [5.74, 6) is 0.626. The highest BCUT2D eigenvalue weighted by Gasteiger charge is 1.94. The summed E-state index contributed by atoms with van der Waals surface area (Å²) in [6.07, 6.45) is 5.08. The number of anilines is 1. The van der Waals surface area contributed by atoms with Gasteiger partial charge < -0.3 is 5.32 Å².